The highest BCUT2D eigenvalue weighted by atomic mass is 32.1. The maximum absolute atomic E-state index is 11.5. The van der Waals surface area contributed by atoms with E-state index in [0.29, 0.717) is 24.3 Å². The first-order valence-corrected chi connectivity index (χ1v) is 5.06. The molecule has 5 nitrogen and oxygen atoms in total. The van der Waals surface area contributed by atoms with Gasteiger partial charge in [0.2, 0.25) is 0 Å². The molecule has 0 radical (unpaired) electrons. The molecule has 15 heavy (non-hydrogen) atoms. The Morgan fingerprint density at radius 1 is 1.67 bits per heavy atom. The van der Waals surface area contributed by atoms with Gasteiger partial charge in [0.1, 0.15) is 5.56 Å². The second-order valence-corrected chi connectivity index (χ2v) is 3.25. The minimum absolute atomic E-state index is 0.127. The average Bonchev–Trinajstić information content (AvgIpc) is 2.61. The van der Waals surface area contributed by atoms with Crippen molar-refractivity contribution in [3.05, 3.63) is 17.5 Å². The molecule has 1 aromatic rings. The molecular formula is C9H13N3O2S. The van der Waals surface area contributed by atoms with Gasteiger partial charge in [-0.3, -0.25) is 0 Å². The van der Waals surface area contributed by atoms with Crippen molar-refractivity contribution >= 4 is 23.3 Å². The van der Waals surface area contributed by atoms with Gasteiger partial charge in [0.15, 0.2) is 5.11 Å². The molecule has 0 saturated carbocycles. The maximum atomic E-state index is 11.5. The van der Waals surface area contributed by atoms with E-state index in [0.717, 1.165) is 0 Å². The number of nitrogens with two attached hydrogens (primary N) is 1. The van der Waals surface area contributed by atoms with E-state index in [4.69, 9.17) is 22.7 Å². The maximum Gasteiger partial charge on any atom is 0.341 e. The van der Waals surface area contributed by atoms with Gasteiger partial charge >= 0.3 is 5.97 Å². The first kappa shape index (κ1) is 11.6. The summed E-state index contributed by atoms with van der Waals surface area (Å²) >= 11 is 4.81. The lowest BCUT2D eigenvalue weighted by atomic mass is 10.2. The summed E-state index contributed by atoms with van der Waals surface area (Å²) in [5.74, 6) is -0.392. The average molecular weight is 227 g/mol. The minimum Gasteiger partial charge on any atom is -0.462 e. The van der Waals surface area contributed by atoms with Crippen molar-refractivity contribution in [3.8, 4) is 0 Å². The topological polar surface area (TPSA) is 70.1 Å². The Morgan fingerprint density at radius 2 is 2.33 bits per heavy atom. The zero-order valence-electron chi connectivity index (χ0n) is 8.69. The second-order valence-electron chi connectivity index (χ2n) is 2.83. The normalized spacial score (nSPS) is 10.0. The van der Waals surface area contributed by atoms with E-state index in [1.165, 1.54) is 10.9 Å². The van der Waals surface area contributed by atoms with Gasteiger partial charge in [-0.15, -0.1) is 0 Å². The molecule has 1 aromatic heterocycles. The number of carbonyl (C=O) groups excluding carboxylic acids is 1. The van der Waals surface area contributed by atoms with Crippen LogP contribution in [0.5, 0.6) is 0 Å². The third-order valence-corrected chi connectivity index (χ3v) is 2.08. The molecule has 0 aliphatic carbocycles. The molecule has 2 N–H and O–H groups in total. The van der Waals surface area contributed by atoms with E-state index < -0.39 is 5.97 Å². The molecule has 0 spiro atoms. The van der Waals surface area contributed by atoms with Crippen LogP contribution in [0.25, 0.3) is 0 Å². The lowest BCUT2D eigenvalue weighted by Gasteiger charge is -2.04. The van der Waals surface area contributed by atoms with Gasteiger partial charge in [-0.1, -0.05) is 6.92 Å². The van der Waals surface area contributed by atoms with Crippen molar-refractivity contribution in [1.29, 1.82) is 0 Å². The first-order chi connectivity index (χ1) is 7.11. The van der Waals surface area contributed by atoms with Crippen molar-refractivity contribution in [2.24, 2.45) is 5.73 Å². The highest BCUT2D eigenvalue weighted by molar-refractivity contribution is 7.80. The van der Waals surface area contributed by atoms with Crippen LogP contribution in [0.15, 0.2) is 6.20 Å². The van der Waals surface area contributed by atoms with Crippen molar-refractivity contribution in [3.63, 3.8) is 0 Å². The van der Waals surface area contributed by atoms with Crippen LogP contribution in [0.3, 0.4) is 0 Å². The Hall–Kier alpha value is -1.43. The van der Waals surface area contributed by atoms with Crippen LogP contribution in [0.2, 0.25) is 0 Å². The van der Waals surface area contributed by atoms with Gasteiger partial charge in [0.25, 0.3) is 0 Å². The zero-order chi connectivity index (χ0) is 11.4. The number of thiocarbonyl (C=S) groups is 1. The van der Waals surface area contributed by atoms with Gasteiger partial charge in [0.05, 0.1) is 18.5 Å². The van der Waals surface area contributed by atoms with Crippen molar-refractivity contribution < 1.29 is 9.53 Å². The number of nitrogens with zero attached hydrogens (tertiary/aromatic N) is 2. The third kappa shape index (κ3) is 2.33. The fourth-order valence-corrected chi connectivity index (χ4v) is 1.44. The molecule has 0 aliphatic heterocycles. The molecule has 0 fully saturated rings. The molecule has 6 heteroatoms. The smallest absolute Gasteiger partial charge is 0.341 e. The Labute approximate surface area is 93.2 Å². The monoisotopic (exact) mass is 227 g/mol. The minimum atomic E-state index is -0.392. The Balaban J connectivity index is 3.09. The quantitative estimate of drug-likeness (QED) is 0.608. The number of hydrogen-bond donors (Lipinski definition) is 1. The van der Waals surface area contributed by atoms with Crippen molar-refractivity contribution in [2.75, 3.05) is 6.61 Å². The Bertz CT molecular complexity index is 387. The van der Waals surface area contributed by atoms with E-state index in [1.807, 2.05) is 6.92 Å². The number of carbonyl (C=O) groups is 1. The SMILES string of the molecule is CCOC(=O)c1cnn(C(N)=S)c1CC. The number of aromatic nitrogens is 2. The fourth-order valence-electron chi connectivity index (χ4n) is 1.28. The summed E-state index contributed by atoms with van der Waals surface area (Å²) in [7, 11) is 0. The van der Waals surface area contributed by atoms with E-state index >= 15 is 0 Å². The summed E-state index contributed by atoms with van der Waals surface area (Å²) in [4.78, 5) is 11.5. The van der Waals surface area contributed by atoms with E-state index in [2.05, 4.69) is 5.10 Å². The molecule has 0 aromatic carbocycles. The third-order valence-electron chi connectivity index (χ3n) is 1.91. The summed E-state index contributed by atoms with van der Waals surface area (Å²) in [5.41, 5.74) is 6.56. The van der Waals surface area contributed by atoms with Crippen LogP contribution >= 0.6 is 12.2 Å². The second kappa shape index (κ2) is 4.88. The van der Waals surface area contributed by atoms with Gasteiger partial charge in [-0.25, -0.2) is 9.48 Å². The summed E-state index contributed by atoms with van der Waals surface area (Å²) in [6.07, 6.45) is 2.04. The fraction of sp³-hybridized carbons (Fsp3) is 0.444. The van der Waals surface area contributed by atoms with Crippen LogP contribution in [0.4, 0.5) is 0 Å². The van der Waals surface area contributed by atoms with E-state index in [-0.39, 0.29) is 5.11 Å². The van der Waals surface area contributed by atoms with Gasteiger partial charge in [-0.2, -0.15) is 5.10 Å². The Kier molecular flexibility index (Phi) is 3.79. The molecule has 0 unspecified atom stereocenters. The molecular weight excluding hydrogens is 214 g/mol. The number of hydrogen-bond acceptors (Lipinski definition) is 4. The summed E-state index contributed by atoms with van der Waals surface area (Å²) < 4.78 is 6.26. The Morgan fingerprint density at radius 3 is 2.80 bits per heavy atom. The molecule has 0 atom stereocenters. The molecule has 1 rings (SSSR count). The molecule has 0 aliphatic rings. The van der Waals surface area contributed by atoms with Gasteiger partial charge in [0, 0.05) is 0 Å². The summed E-state index contributed by atoms with van der Waals surface area (Å²) in [6.45, 7) is 3.98. The number of ether oxygens (including phenoxy) is 1. The largest absolute Gasteiger partial charge is 0.462 e. The highest BCUT2D eigenvalue weighted by Gasteiger charge is 2.17. The zero-order valence-corrected chi connectivity index (χ0v) is 9.50. The van der Waals surface area contributed by atoms with Crippen LogP contribution in [-0.4, -0.2) is 27.5 Å². The summed E-state index contributed by atoms with van der Waals surface area (Å²) in [5, 5.41) is 4.07. The van der Waals surface area contributed by atoms with Crippen LogP contribution in [0, 0.1) is 0 Å². The first-order valence-electron chi connectivity index (χ1n) is 4.65. The predicted octanol–water partition coefficient (Wildman–Crippen LogP) is 0.714. The lowest BCUT2D eigenvalue weighted by Crippen LogP contribution is -2.23. The van der Waals surface area contributed by atoms with Crippen LogP contribution in [-0.2, 0) is 11.2 Å². The molecule has 0 amide bonds. The standard InChI is InChI=1S/C9H13N3O2S/c1-3-7-6(8(13)14-4-2)5-11-12(7)9(10)15/h5H,3-4H2,1-2H3,(H2,10,15). The molecule has 0 saturated heterocycles. The number of esters is 1. The molecule has 0 bridgehead atoms. The molecule has 1 heterocycles. The predicted molar refractivity (Wildman–Crippen MR) is 59.7 cm³/mol. The van der Waals surface area contributed by atoms with Gasteiger partial charge < -0.3 is 10.5 Å². The van der Waals surface area contributed by atoms with Crippen LogP contribution in [0.1, 0.15) is 29.9 Å². The van der Waals surface area contributed by atoms with Crippen molar-refractivity contribution in [1.82, 2.24) is 9.78 Å². The van der Waals surface area contributed by atoms with E-state index in [9.17, 15) is 4.79 Å². The molecule has 82 valence electrons. The van der Waals surface area contributed by atoms with E-state index in [1.54, 1.807) is 6.92 Å². The summed E-state index contributed by atoms with van der Waals surface area (Å²) in [6, 6.07) is 0. The van der Waals surface area contributed by atoms with Gasteiger partial charge in [-0.05, 0) is 25.6 Å². The number of rotatable bonds is 3. The van der Waals surface area contributed by atoms with Crippen LogP contribution < -0.4 is 5.73 Å². The lowest BCUT2D eigenvalue weighted by molar-refractivity contribution is 0.0525. The van der Waals surface area contributed by atoms with Crippen molar-refractivity contribution in [2.45, 2.75) is 20.3 Å². The highest BCUT2D eigenvalue weighted by Crippen LogP contribution is 2.10.